The van der Waals surface area contributed by atoms with Crippen LogP contribution in [0.5, 0.6) is 0 Å². The molecule has 0 aliphatic rings. The molecule has 0 unspecified atom stereocenters. The second-order valence-corrected chi connectivity index (χ2v) is 2.67. The van der Waals surface area contributed by atoms with Gasteiger partial charge in [0.1, 0.15) is 5.82 Å². The van der Waals surface area contributed by atoms with E-state index in [0.717, 1.165) is 18.8 Å². The molecule has 0 radical (unpaired) electrons. The highest BCUT2D eigenvalue weighted by Crippen LogP contribution is 1.99. The van der Waals surface area contributed by atoms with Crippen molar-refractivity contribution in [2.75, 3.05) is 0 Å². The van der Waals surface area contributed by atoms with Crippen LogP contribution in [-0.2, 0) is 13.0 Å². The van der Waals surface area contributed by atoms with Crippen LogP contribution in [0.4, 0.5) is 0 Å². The predicted octanol–water partition coefficient (Wildman–Crippen LogP) is 0.772. The Bertz CT molecular complexity index is 264. The lowest BCUT2D eigenvalue weighted by Crippen LogP contribution is -2.13. The lowest BCUT2D eigenvalue weighted by atomic mass is 10.4. The molecular formula is C8H14N4. The molecule has 0 aromatic carbocycles. The topological polar surface area (TPSA) is 67.7 Å². The molecule has 4 nitrogen and oxygen atoms in total. The molecule has 1 heterocycles. The standard InChI is InChI=1S/C8H14N4/c1-2-8-11-4-6-12(8)5-3-7(9)10/h4,6H,2-3,5H2,1H3,(H3,9,10). The van der Waals surface area contributed by atoms with E-state index in [9.17, 15) is 0 Å². The number of aromatic nitrogens is 2. The van der Waals surface area contributed by atoms with Gasteiger partial charge in [-0.2, -0.15) is 0 Å². The smallest absolute Gasteiger partial charge is 0.108 e. The van der Waals surface area contributed by atoms with E-state index in [1.165, 1.54) is 0 Å². The van der Waals surface area contributed by atoms with Crippen molar-refractivity contribution in [3.05, 3.63) is 18.2 Å². The first-order chi connectivity index (χ1) is 5.74. The summed E-state index contributed by atoms with van der Waals surface area (Å²) in [4.78, 5) is 4.16. The minimum Gasteiger partial charge on any atom is -0.388 e. The summed E-state index contributed by atoms with van der Waals surface area (Å²) in [6.45, 7) is 2.82. The van der Waals surface area contributed by atoms with Crippen LogP contribution in [0.1, 0.15) is 19.2 Å². The van der Waals surface area contributed by atoms with Gasteiger partial charge in [0.05, 0.1) is 5.84 Å². The molecule has 3 N–H and O–H groups in total. The van der Waals surface area contributed by atoms with Crippen LogP contribution in [0.15, 0.2) is 12.4 Å². The monoisotopic (exact) mass is 166 g/mol. The number of imidazole rings is 1. The van der Waals surface area contributed by atoms with Gasteiger partial charge in [-0.25, -0.2) is 4.98 Å². The van der Waals surface area contributed by atoms with Gasteiger partial charge in [-0.05, 0) is 0 Å². The van der Waals surface area contributed by atoms with Crippen LogP contribution in [0.2, 0.25) is 0 Å². The molecule has 0 saturated carbocycles. The zero-order chi connectivity index (χ0) is 8.97. The molecule has 0 saturated heterocycles. The Labute approximate surface area is 71.9 Å². The van der Waals surface area contributed by atoms with Crippen molar-refractivity contribution in [3.63, 3.8) is 0 Å². The highest BCUT2D eigenvalue weighted by atomic mass is 15.1. The molecule has 4 heteroatoms. The Balaban J connectivity index is 2.56. The van der Waals surface area contributed by atoms with Crippen molar-refractivity contribution in [1.29, 1.82) is 5.41 Å². The van der Waals surface area contributed by atoms with E-state index in [1.54, 1.807) is 6.20 Å². The number of hydrogen-bond acceptors (Lipinski definition) is 2. The van der Waals surface area contributed by atoms with E-state index >= 15 is 0 Å². The normalized spacial score (nSPS) is 10.1. The molecule has 12 heavy (non-hydrogen) atoms. The Kier molecular flexibility index (Phi) is 2.85. The molecule has 1 aromatic heterocycles. The Hall–Kier alpha value is -1.32. The summed E-state index contributed by atoms with van der Waals surface area (Å²) in [5, 5.41) is 7.07. The van der Waals surface area contributed by atoms with E-state index in [0.29, 0.717) is 6.42 Å². The highest BCUT2D eigenvalue weighted by molar-refractivity contribution is 5.76. The third-order valence-electron chi connectivity index (χ3n) is 1.74. The van der Waals surface area contributed by atoms with Gasteiger partial charge in [-0.3, -0.25) is 5.41 Å². The minimum atomic E-state index is 0.228. The first-order valence-electron chi connectivity index (χ1n) is 4.07. The van der Waals surface area contributed by atoms with Crippen molar-refractivity contribution in [2.45, 2.75) is 26.3 Å². The summed E-state index contributed by atoms with van der Waals surface area (Å²) in [5.41, 5.74) is 5.25. The Morgan fingerprint density at radius 1 is 1.75 bits per heavy atom. The fraction of sp³-hybridized carbons (Fsp3) is 0.500. The predicted molar refractivity (Wildman–Crippen MR) is 48.1 cm³/mol. The SMILES string of the molecule is CCc1nccn1CCC(=N)N. The summed E-state index contributed by atoms with van der Waals surface area (Å²) >= 11 is 0. The largest absolute Gasteiger partial charge is 0.388 e. The van der Waals surface area contributed by atoms with E-state index in [2.05, 4.69) is 11.9 Å². The van der Waals surface area contributed by atoms with Crippen molar-refractivity contribution < 1.29 is 0 Å². The van der Waals surface area contributed by atoms with Crippen LogP contribution >= 0.6 is 0 Å². The van der Waals surface area contributed by atoms with E-state index in [1.807, 2.05) is 10.8 Å². The van der Waals surface area contributed by atoms with Gasteiger partial charge >= 0.3 is 0 Å². The third-order valence-corrected chi connectivity index (χ3v) is 1.74. The van der Waals surface area contributed by atoms with Gasteiger partial charge in [-0.1, -0.05) is 6.92 Å². The number of hydrogen-bond donors (Lipinski definition) is 2. The Morgan fingerprint density at radius 3 is 3.08 bits per heavy atom. The summed E-state index contributed by atoms with van der Waals surface area (Å²) in [5.74, 6) is 1.28. The maximum absolute atomic E-state index is 7.07. The average Bonchev–Trinajstić information content (AvgIpc) is 2.47. The molecule has 0 spiro atoms. The van der Waals surface area contributed by atoms with Crippen molar-refractivity contribution in [1.82, 2.24) is 9.55 Å². The molecule has 0 atom stereocenters. The van der Waals surface area contributed by atoms with Crippen molar-refractivity contribution >= 4 is 5.84 Å². The number of aryl methyl sites for hydroxylation is 2. The number of nitrogens with zero attached hydrogens (tertiary/aromatic N) is 2. The second kappa shape index (κ2) is 3.90. The third kappa shape index (κ3) is 2.08. The molecule has 66 valence electrons. The number of nitrogens with two attached hydrogens (primary N) is 1. The summed E-state index contributed by atoms with van der Waals surface area (Å²) in [7, 11) is 0. The van der Waals surface area contributed by atoms with Gasteiger partial charge in [-0.15, -0.1) is 0 Å². The van der Waals surface area contributed by atoms with Crippen molar-refractivity contribution in [3.8, 4) is 0 Å². The van der Waals surface area contributed by atoms with Gasteiger partial charge in [0.15, 0.2) is 0 Å². The van der Waals surface area contributed by atoms with Crippen LogP contribution in [0.3, 0.4) is 0 Å². The van der Waals surface area contributed by atoms with E-state index < -0.39 is 0 Å². The van der Waals surface area contributed by atoms with Crippen LogP contribution in [0, 0.1) is 5.41 Å². The zero-order valence-corrected chi connectivity index (χ0v) is 7.25. The number of amidine groups is 1. The number of rotatable bonds is 4. The zero-order valence-electron chi connectivity index (χ0n) is 7.25. The van der Waals surface area contributed by atoms with Gasteiger partial charge in [0, 0.05) is 31.8 Å². The first kappa shape index (κ1) is 8.77. The van der Waals surface area contributed by atoms with Crippen molar-refractivity contribution in [2.24, 2.45) is 5.73 Å². The summed E-state index contributed by atoms with van der Waals surface area (Å²) in [6, 6.07) is 0. The number of nitrogens with one attached hydrogen (secondary N) is 1. The summed E-state index contributed by atoms with van der Waals surface area (Å²) < 4.78 is 2.03. The van der Waals surface area contributed by atoms with Gasteiger partial charge in [0.2, 0.25) is 0 Å². The molecule has 0 aliphatic heterocycles. The lowest BCUT2D eigenvalue weighted by Gasteiger charge is -2.04. The molecule has 0 fully saturated rings. The first-order valence-corrected chi connectivity index (χ1v) is 4.07. The van der Waals surface area contributed by atoms with Crippen LogP contribution < -0.4 is 5.73 Å². The van der Waals surface area contributed by atoms with E-state index in [-0.39, 0.29) is 5.84 Å². The highest BCUT2D eigenvalue weighted by Gasteiger charge is 1.99. The molecule has 1 rings (SSSR count). The van der Waals surface area contributed by atoms with Crippen LogP contribution in [-0.4, -0.2) is 15.4 Å². The quantitative estimate of drug-likeness (QED) is 0.512. The summed E-state index contributed by atoms with van der Waals surface area (Å²) in [6.07, 6.45) is 5.22. The maximum atomic E-state index is 7.07. The Morgan fingerprint density at radius 2 is 2.50 bits per heavy atom. The van der Waals surface area contributed by atoms with Crippen LogP contribution in [0.25, 0.3) is 0 Å². The lowest BCUT2D eigenvalue weighted by molar-refractivity contribution is 0.675. The van der Waals surface area contributed by atoms with Gasteiger partial charge in [0.25, 0.3) is 0 Å². The fourth-order valence-electron chi connectivity index (χ4n) is 1.10. The molecule has 0 amide bonds. The van der Waals surface area contributed by atoms with Gasteiger partial charge < -0.3 is 10.3 Å². The maximum Gasteiger partial charge on any atom is 0.108 e. The average molecular weight is 166 g/mol. The van der Waals surface area contributed by atoms with E-state index in [4.69, 9.17) is 11.1 Å². The second-order valence-electron chi connectivity index (χ2n) is 2.67. The fourth-order valence-corrected chi connectivity index (χ4v) is 1.10. The molecule has 0 aliphatic carbocycles. The molecule has 0 bridgehead atoms. The molecule has 1 aromatic rings. The minimum absolute atomic E-state index is 0.228. The molecular weight excluding hydrogens is 152 g/mol.